The maximum atomic E-state index is 13.6. The standard InChI is InChI=1S/C16H25FN2O2/c1-15(2,3)21-14(20)19-16(4,11-18)10-9-12-7-5-6-8-13(12)17/h5-8H,9-11,18H2,1-4H3,(H,19,20). The second-order valence-electron chi connectivity index (χ2n) is 6.48. The van der Waals surface area contributed by atoms with Crippen LogP contribution in [0.3, 0.4) is 0 Å². The predicted molar refractivity (Wildman–Crippen MR) is 81.6 cm³/mol. The Morgan fingerprint density at radius 2 is 1.90 bits per heavy atom. The van der Waals surface area contributed by atoms with E-state index in [1.54, 1.807) is 39.0 Å². The minimum absolute atomic E-state index is 0.242. The molecule has 0 heterocycles. The highest BCUT2D eigenvalue weighted by molar-refractivity contribution is 5.68. The zero-order valence-corrected chi connectivity index (χ0v) is 13.2. The van der Waals surface area contributed by atoms with Crippen LogP contribution in [0.4, 0.5) is 9.18 Å². The topological polar surface area (TPSA) is 64.3 Å². The normalized spacial score (nSPS) is 14.4. The summed E-state index contributed by atoms with van der Waals surface area (Å²) in [6.07, 6.45) is 0.517. The van der Waals surface area contributed by atoms with Crippen LogP contribution in [0.5, 0.6) is 0 Å². The van der Waals surface area contributed by atoms with Crippen molar-refractivity contribution < 1.29 is 13.9 Å². The molecule has 0 radical (unpaired) electrons. The first-order chi connectivity index (χ1) is 9.65. The third-order valence-electron chi connectivity index (χ3n) is 3.16. The van der Waals surface area contributed by atoms with E-state index in [0.717, 1.165) is 0 Å². The number of rotatable bonds is 5. The van der Waals surface area contributed by atoms with Crippen molar-refractivity contribution in [2.75, 3.05) is 6.54 Å². The molecule has 1 aromatic carbocycles. The van der Waals surface area contributed by atoms with E-state index in [1.165, 1.54) is 6.07 Å². The van der Waals surface area contributed by atoms with Gasteiger partial charge >= 0.3 is 6.09 Å². The molecular weight excluding hydrogens is 271 g/mol. The molecule has 0 saturated carbocycles. The number of benzene rings is 1. The lowest BCUT2D eigenvalue weighted by Gasteiger charge is -2.31. The van der Waals surface area contributed by atoms with Crippen LogP contribution in [0, 0.1) is 5.82 Å². The largest absolute Gasteiger partial charge is 0.444 e. The predicted octanol–water partition coefficient (Wildman–Crippen LogP) is 3.00. The number of hydrogen-bond acceptors (Lipinski definition) is 3. The van der Waals surface area contributed by atoms with E-state index >= 15 is 0 Å². The summed E-state index contributed by atoms with van der Waals surface area (Å²) in [5.74, 6) is -0.242. The summed E-state index contributed by atoms with van der Waals surface area (Å²) in [7, 11) is 0. The number of nitrogens with two attached hydrogens (primary N) is 1. The summed E-state index contributed by atoms with van der Waals surface area (Å²) >= 11 is 0. The highest BCUT2D eigenvalue weighted by Crippen LogP contribution is 2.17. The van der Waals surface area contributed by atoms with Crippen LogP contribution >= 0.6 is 0 Å². The van der Waals surface area contributed by atoms with Crippen molar-refractivity contribution in [1.29, 1.82) is 0 Å². The number of amides is 1. The van der Waals surface area contributed by atoms with Crippen LogP contribution in [0.25, 0.3) is 0 Å². The quantitative estimate of drug-likeness (QED) is 0.878. The maximum Gasteiger partial charge on any atom is 0.408 e. The first-order valence-corrected chi connectivity index (χ1v) is 7.10. The van der Waals surface area contributed by atoms with E-state index in [9.17, 15) is 9.18 Å². The van der Waals surface area contributed by atoms with Gasteiger partial charge in [0.1, 0.15) is 11.4 Å². The number of carbonyl (C=O) groups excluding carboxylic acids is 1. The third-order valence-corrected chi connectivity index (χ3v) is 3.16. The fourth-order valence-corrected chi connectivity index (χ4v) is 1.88. The molecule has 0 saturated heterocycles. The van der Waals surface area contributed by atoms with E-state index < -0.39 is 17.2 Å². The summed E-state index contributed by atoms with van der Waals surface area (Å²) in [6.45, 7) is 7.47. The summed E-state index contributed by atoms with van der Waals surface area (Å²) in [4.78, 5) is 11.8. The fraction of sp³-hybridized carbons (Fsp3) is 0.562. The molecule has 1 atom stereocenters. The zero-order chi connectivity index (χ0) is 16.1. The van der Waals surface area contributed by atoms with Gasteiger partial charge in [0, 0.05) is 6.54 Å². The van der Waals surface area contributed by atoms with Gasteiger partial charge in [-0.3, -0.25) is 0 Å². The van der Waals surface area contributed by atoms with Crippen molar-refractivity contribution >= 4 is 6.09 Å². The fourth-order valence-electron chi connectivity index (χ4n) is 1.88. The molecule has 0 spiro atoms. The molecule has 1 amide bonds. The molecule has 0 aliphatic rings. The highest BCUT2D eigenvalue weighted by Gasteiger charge is 2.27. The zero-order valence-electron chi connectivity index (χ0n) is 13.2. The average Bonchev–Trinajstić information content (AvgIpc) is 2.35. The molecule has 0 bridgehead atoms. The Morgan fingerprint density at radius 1 is 1.29 bits per heavy atom. The number of alkyl carbamates (subject to hydrolysis) is 1. The number of aryl methyl sites for hydroxylation is 1. The minimum Gasteiger partial charge on any atom is -0.444 e. The van der Waals surface area contributed by atoms with Crippen LogP contribution in [-0.2, 0) is 11.2 Å². The Labute approximate surface area is 125 Å². The van der Waals surface area contributed by atoms with E-state index in [-0.39, 0.29) is 12.4 Å². The van der Waals surface area contributed by atoms with Crippen molar-refractivity contribution in [3.05, 3.63) is 35.6 Å². The van der Waals surface area contributed by atoms with Crippen molar-refractivity contribution in [2.45, 2.75) is 51.7 Å². The first-order valence-electron chi connectivity index (χ1n) is 7.10. The molecule has 5 heteroatoms. The highest BCUT2D eigenvalue weighted by atomic mass is 19.1. The van der Waals surface area contributed by atoms with Gasteiger partial charge in [-0.25, -0.2) is 9.18 Å². The first kappa shape index (κ1) is 17.4. The van der Waals surface area contributed by atoms with Gasteiger partial charge in [-0.15, -0.1) is 0 Å². The molecule has 1 rings (SSSR count). The molecular formula is C16H25FN2O2. The van der Waals surface area contributed by atoms with Gasteiger partial charge in [-0.2, -0.15) is 0 Å². The number of nitrogens with one attached hydrogen (secondary N) is 1. The molecule has 0 aliphatic heterocycles. The van der Waals surface area contributed by atoms with E-state index in [4.69, 9.17) is 10.5 Å². The Bertz CT molecular complexity index is 485. The minimum atomic E-state index is -0.634. The lowest BCUT2D eigenvalue weighted by atomic mass is 9.93. The number of carbonyl (C=O) groups is 1. The average molecular weight is 296 g/mol. The van der Waals surface area contributed by atoms with E-state index in [0.29, 0.717) is 18.4 Å². The molecule has 0 aliphatic carbocycles. The molecule has 4 nitrogen and oxygen atoms in total. The number of ether oxygens (including phenoxy) is 1. The van der Waals surface area contributed by atoms with Gasteiger partial charge in [0.15, 0.2) is 0 Å². The lowest BCUT2D eigenvalue weighted by Crippen LogP contribution is -2.52. The van der Waals surface area contributed by atoms with Gasteiger partial charge in [0.2, 0.25) is 0 Å². The summed E-state index contributed by atoms with van der Waals surface area (Å²) < 4.78 is 18.8. The SMILES string of the molecule is CC(CN)(CCc1ccccc1F)NC(=O)OC(C)(C)C. The molecule has 1 aromatic rings. The maximum absolute atomic E-state index is 13.6. The Kier molecular flexibility index (Phi) is 5.72. The van der Waals surface area contributed by atoms with Crippen LogP contribution < -0.4 is 11.1 Å². The van der Waals surface area contributed by atoms with E-state index in [2.05, 4.69) is 5.32 Å². The van der Waals surface area contributed by atoms with Gasteiger partial charge in [0.05, 0.1) is 5.54 Å². The second-order valence-corrected chi connectivity index (χ2v) is 6.48. The summed E-state index contributed by atoms with van der Waals surface area (Å²) in [5, 5.41) is 2.78. The number of halogens is 1. The molecule has 0 fully saturated rings. The van der Waals surface area contributed by atoms with Crippen LogP contribution in [0.15, 0.2) is 24.3 Å². The Balaban J connectivity index is 2.64. The molecule has 1 unspecified atom stereocenters. The Morgan fingerprint density at radius 3 is 2.43 bits per heavy atom. The number of hydrogen-bond donors (Lipinski definition) is 2. The molecule has 3 N–H and O–H groups in total. The molecule has 0 aromatic heterocycles. The van der Waals surface area contributed by atoms with Gasteiger partial charge in [-0.1, -0.05) is 18.2 Å². The smallest absolute Gasteiger partial charge is 0.408 e. The lowest BCUT2D eigenvalue weighted by molar-refractivity contribution is 0.0462. The van der Waals surface area contributed by atoms with Crippen LogP contribution in [0.2, 0.25) is 0 Å². The van der Waals surface area contributed by atoms with Crippen molar-refractivity contribution in [3.8, 4) is 0 Å². The van der Waals surface area contributed by atoms with Crippen molar-refractivity contribution in [1.82, 2.24) is 5.32 Å². The van der Waals surface area contributed by atoms with E-state index in [1.807, 2.05) is 6.92 Å². The van der Waals surface area contributed by atoms with Gasteiger partial charge in [-0.05, 0) is 52.2 Å². The summed E-state index contributed by atoms with van der Waals surface area (Å²) in [6, 6.07) is 6.61. The van der Waals surface area contributed by atoms with Gasteiger partial charge in [0.25, 0.3) is 0 Å². The summed E-state index contributed by atoms with van der Waals surface area (Å²) in [5.41, 5.74) is 5.17. The Hall–Kier alpha value is -1.62. The molecule has 118 valence electrons. The third kappa shape index (κ3) is 6.12. The monoisotopic (exact) mass is 296 g/mol. The van der Waals surface area contributed by atoms with Crippen LogP contribution in [-0.4, -0.2) is 23.8 Å². The molecule has 21 heavy (non-hydrogen) atoms. The van der Waals surface area contributed by atoms with Crippen molar-refractivity contribution in [2.24, 2.45) is 5.73 Å². The van der Waals surface area contributed by atoms with Gasteiger partial charge < -0.3 is 15.8 Å². The van der Waals surface area contributed by atoms with Crippen LogP contribution in [0.1, 0.15) is 39.7 Å². The van der Waals surface area contributed by atoms with Crippen molar-refractivity contribution in [3.63, 3.8) is 0 Å². The second kappa shape index (κ2) is 6.89.